The van der Waals surface area contributed by atoms with Gasteiger partial charge in [0.1, 0.15) is 5.82 Å². The van der Waals surface area contributed by atoms with E-state index in [0.717, 1.165) is 50.0 Å². The molecule has 2 aromatic rings. The third kappa shape index (κ3) is 5.14. The van der Waals surface area contributed by atoms with Gasteiger partial charge in [-0.05, 0) is 62.8 Å². The van der Waals surface area contributed by atoms with Gasteiger partial charge in [-0.2, -0.15) is 0 Å². The number of imidazole rings is 1. The second kappa shape index (κ2) is 10.6. The average molecular weight is 512 g/mol. The topological polar surface area (TPSA) is 87.5 Å². The van der Waals surface area contributed by atoms with Crippen LogP contribution in [-0.2, 0) is 16.1 Å². The van der Waals surface area contributed by atoms with E-state index < -0.39 is 0 Å². The summed E-state index contributed by atoms with van der Waals surface area (Å²) in [5.41, 5.74) is 1.62. The number of aromatic nitrogens is 2. The molecule has 5 rings (SSSR count). The molecule has 8 nitrogen and oxygen atoms in total. The number of carbonyl (C=O) groups excluding carboxylic acids is 3. The first-order valence-electron chi connectivity index (χ1n) is 13.1. The van der Waals surface area contributed by atoms with Crippen LogP contribution in [-0.4, -0.2) is 56.3 Å². The van der Waals surface area contributed by atoms with Crippen LogP contribution < -0.4 is 5.32 Å². The maximum absolute atomic E-state index is 13.7. The van der Waals surface area contributed by atoms with Crippen molar-refractivity contribution in [2.45, 2.75) is 70.9 Å². The normalized spacial score (nSPS) is 19.9. The Labute approximate surface area is 217 Å². The first-order chi connectivity index (χ1) is 17.4. The predicted octanol–water partition coefficient (Wildman–Crippen LogP) is 4.84. The second-order valence-corrected chi connectivity index (χ2v) is 10.8. The molecule has 3 aliphatic rings. The fraction of sp³-hybridized carbons (Fsp3) is 0.556. The Morgan fingerprint density at radius 2 is 1.78 bits per heavy atom. The van der Waals surface area contributed by atoms with Crippen molar-refractivity contribution in [1.82, 2.24) is 19.4 Å². The third-order valence-electron chi connectivity index (χ3n) is 8.07. The van der Waals surface area contributed by atoms with Crippen LogP contribution >= 0.6 is 11.6 Å². The van der Waals surface area contributed by atoms with Gasteiger partial charge in [-0.15, -0.1) is 0 Å². The summed E-state index contributed by atoms with van der Waals surface area (Å²) in [4.78, 5) is 47.7. The summed E-state index contributed by atoms with van der Waals surface area (Å²) in [6, 6.07) is 7.13. The lowest BCUT2D eigenvalue weighted by molar-refractivity contribution is -0.141. The Morgan fingerprint density at radius 1 is 1.08 bits per heavy atom. The summed E-state index contributed by atoms with van der Waals surface area (Å²) in [6.45, 7) is 3.65. The Balaban J connectivity index is 1.21. The van der Waals surface area contributed by atoms with Crippen molar-refractivity contribution in [3.63, 3.8) is 0 Å². The van der Waals surface area contributed by atoms with E-state index >= 15 is 0 Å². The predicted molar refractivity (Wildman–Crippen MR) is 138 cm³/mol. The van der Waals surface area contributed by atoms with Crippen molar-refractivity contribution < 1.29 is 14.4 Å². The van der Waals surface area contributed by atoms with Crippen LogP contribution in [0.25, 0.3) is 0 Å². The molecule has 2 fully saturated rings. The minimum atomic E-state index is -0.308. The first kappa shape index (κ1) is 24.8. The SMILES string of the molecule is Cc1ncc2n1C(=O)N(C1CCN(C(=O)[C@H](CC(=O)Nc3ccc(Cl)cc3)C3CCCCC3)CC1)C2. The van der Waals surface area contributed by atoms with E-state index in [2.05, 4.69) is 10.3 Å². The van der Waals surface area contributed by atoms with Crippen LogP contribution in [0.15, 0.2) is 30.5 Å². The number of hydrogen-bond donors (Lipinski definition) is 1. The van der Waals surface area contributed by atoms with Crippen LogP contribution in [0.4, 0.5) is 10.5 Å². The number of halogens is 1. The van der Waals surface area contributed by atoms with Gasteiger partial charge in [-0.3, -0.25) is 14.2 Å². The van der Waals surface area contributed by atoms with Gasteiger partial charge in [-0.1, -0.05) is 30.9 Å². The maximum Gasteiger partial charge on any atom is 0.330 e. The van der Waals surface area contributed by atoms with Crippen LogP contribution in [0.3, 0.4) is 0 Å². The number of piperidine rings is 1. The Kier molecular flexibility index (Phi) is 7.32. The van der Waals surface area contributed by atoms with Gasteiger partial charge in [0.25, 0.3) is 0 Å². The number of anilines is 1. The van der Waals surface area contributed by atoms with Gasteiger partial charge in [0, 0.05) is 42.2 Å². The van der Waals surface area contributed by atoms with Crippen molar-refractivity contribution >= 4 is 35.1 Å². The molecule has 1 saturated carbocycles. The number of aryl methyl sites for hydroxylation is 1. The molecule has 9 heteroatoms. The molecule has 0 unspecified atom stereocenters. The molecule has 1 atom stereocenters. The quantitative estimate of drug-likeness (QED) is 0.600. The van der Waals surface area contributed by atoms with Gasteiger partial charge < -0.3 is 15.1 Å². The fourth-order valence-corrected chi connectivity index (χ4v) is 6.22. The molecule has 0 bridgehead atoms. The Bertz CT molecular complexity index is 1120. The number of hydrogen-bond acceptors (Lipinski definition) is 4. The number of nitrogens with zero attached hydrogens (tertiary/aromatic N) is 4. The zero-order valence-electron chi connectivity index (χ0n) is 20.8. The number of likely N-dealkylation sites (tertiary alicyclic amines) is 1. The number of rotatable bonds is 6. The summed E-state index contributed by atoms with van der Waals surface area (Å²) >= 11 is 5.96. The number of fused-ring (bicyclic) bond motifs is 1. The van der Waals surface area contributed by atoms with Crippen LogP contribution in [0.2, 0.25) is 5.02 Å². The maximum atomic E-state index is 13.7. The highest BCUT2D eigenvalue weighted by Gasteiger charge is 2.39. The van der Waals surface area contributed by atoms with E-state index in [9.17, 15) is 14.4 Å². The largest absolute Gasteiger partial charge is 0.342 e. The highest BCUT2D eigenvalue weighted by Crippen LogP contribution is 2.34. The van der Waals surface area contributed by atoms with E-state index in [-0.39, 0.29) is 42.1 Å². The van der Waals surface area contributed by atoms with Crippen molar-refractivity contribution in [1.29, 1.82) is 0 Å². The Hall–Kier alpha value is -2.87. The Morgan fingerprint density at radius 3 is 2.44 bits per heavy atom. The van der Waals surface area contributed by atoms with E-state index in [1.54, 1.807) is 35.0 Å². The lowest BCUT2D eigenvalue weighted by Crippen LogP contribution is -2.50. The van der Waals surface area contributed by atoms with Crippen molar-refractivity contribution in [3.8, 4) is 0 Å². The molecule has 3 amide bonds. The minimum absolute atomic E-state index is 0.0104. The zero-order chi connectivity index (χ0) is 25.2. The average Bonchev–Trinajstić information content (AvgIpc) is 3.43. The molecule has 2 aliphatic heterocycles. The van der Waals surface area contributed by atoms with Gasteiger partial charge in [0.2, 0.25) is 11.8 Å². The number of nitrogens with one attached hydrogen (secondary N) is 1. The van der Waals surface area contributed by atoms with Gasteiger partial charge >= 0.3 is 6.03 Å². The van der Waals surface area contributed by atoms with E-state index in [0.29, 0.717) is 30.3 Å². The van der Waals surface area contributed by atoms with Crippen molar-refractivity contribution in [2.75, 3.05) is 18.4 Å². The first-order valence-corrected chi connectivity index (χ1v) is 13.5. The fourth-order valence-electron chi connectivity index (χ4n) is 6.09. The summed E-state index contributed by atoms with van der Waals surface area (Å²) in [6.07, 6.45) is 8.88. The van der Waals surface area contributed by atoms with E-state index in [1.165, 1.54) is 6.42 Å². The molecule has 3 heterocycles. The zero-order valence-corrected chi connectivity index (χ0v) is 21.5. The third-order valence-corrected chi connectivity index (χ3v) is 8.32. The molecular weight excluding hydrogens is 478 g/mol. The molecule has 0 spiro atoms. The smallest absolute Gasteiger partial charge is 0.330 e. The summed E-state index contributed by atoms with van der Waals surface area (Å²) in [5.74, 6) is 0.603. The highest BCUT2D eigenvalue weighted by molar-refractivity contribution is 6.30. The highest BCUT2D eigenvalue weighted by atomic mass is 35.5. The van der Waals surface area contributed by atoms with Gasteiger partial charge in [0.05, 0.1) is 18.4 Å². The van der Waals surface area contributed by atoms with Crippen LogP contribution in [0.1, 0.15) is 62.9 Å². The number of benzene rings is 1. The lowest BCUT2D eigenvalue weighted by atomic mass is 9.77. The molecule has 1 aromatic heterocycles. The van der Waals surface area contributed by atoms with Crippen molar-refractivity contribution in [3.05, 3.63) is 47.0 Å². The van der Waals surface area contributed by atoms with Gasteiger partial charge in [-0.25, -0.2) is 9.78 Å². The molecule has 192 valence electrons. The lowest BCUT2D eigenvalue weighted by Gasteiger charge is -2.39. The second-order valence-electron chi connectivity index (χ2n) is 10.4. The standard InChI is InChI=1S/C27H34ClN5O3/c1-18-29-16-23-17-32(27(36)33(18)23)22-11-13-31(14-12-22)26(35)24(19-5-3-2-4-6-19)15-25(34)30-21-9-7-20(28)8-10-21/h7-10,16,19,22,24H,2-6,11-15,17H2,1H3,(H,30,34)/t24-/m1/s1. The monoisotopic (exact) mass is 511 g/mol. The minimum Gasteiger partial charge on any atom is -0.342 e. The van der Waals surface area contributed by atoms with Crippen molar-refractivity contribution in [2.24, 2.45) is 11.8 Å². The molecule has 1 aromatic carbocycles. The molecular formula is C27H34ClN5O3. The number of amides is 3. The van der Waals surface area contributed by atoms with E-state index in [4.69, 9.17) is 11.6 Å². The van der Waals surface area contributed by atoms with E-state index in [1.807, 2.05) is 16.7 Å². The summed E-state index contributed by atoms with van der Waals surface area (Å²) in [7, 11) is 0. The molecule has 0 radical (unpaired) electrons. The molecule has 1 N–H and O–H groups in total. The van der Waals surface area contributed by atoms with Gasteiger partial charge in [0.15, 0.2) is 0 Å². The number of carbonyl (C=O) groups is 3. The van der Waals surface area contributed by atoms with Crippen LogP contribution in [0, 0.1) is 18.8 Å². The van der Waals surface area contributed by atoms with Crippen LogP contribution in [0.5, 0.6) is 0 Å². The summed E-state index contributed by atoms with van der Waals surface area (Å²) in [5, 5.41) is 3.55. The molecule has 1 aliphatic carbocycles. The molecule has 1 saturated heterocycles. The molecule has 36 heavy (non-hydrogen) atoms. The summed E-state index contributed by atoms with van der Waals surface area (Å²) < 4.78 is 1.69.